The Hall–Kier alpha value is -1.59. The Balaban J connectivity index is 4.31. The van der Waals surface area contributed by atoms with Gasteiger partial charge < -0.3 is 14.2 Å². The molecule has 320 valence electrons. The molecule has 0 saturated heterocycles. The van der Waals surface area contributed by atoms with Crippen molar-refractivity contribution in [2.75, 3.05) is 13.2 Å². The minimum Gasteiger partial charge on any atom is -0.462 e. The Morgan fingerprint density at radius 1 is 0.352 bits per heavy atom. The van der Waals surface area contributed by atoms with E-state index < -0.39 is 6.10 Å². The van der Waals surface area contributed by atoms with E-state index >= 15 is 0 Å². The van der Waals surface area contributed by atoms with Crippen molar-refractivity contribution in [2.45, 2.75) is 271 Å². The fraction of sp³-hybridized carbons (Fsp3) is 0.938. The van der Waals surface area contributed by atoms with Gasteiger partial charge in [0.1, 0.15) is 13.2 Å². The smallest absolute Gasteiger partial charge is 0.306 e. The number of esters is 3. The molecule has 0 spiro atoms. The quantitative estimate of drug-likeness (QED) is 0.0349. The van der Waals surface area contributed by atoms with Crippen LogP contribution in [-0.4, -0.2) is 37.2 Å². The maximum atomic E-state index is 12.7. The molecule has 0 rings (SSSR count). The molecule has 0 aliphatic rings. The summed E-state index contributed by atoms with van der Waals surface area (Å²) in [6, 6.07) is 0. The van der Waals surface area contributed by atoms with E-state index in [1.165, 1.54) is 161 Å². The van der Waals surface area contributed by atoms with Crippen LogP contribution < -0.4 is 0 Å². The third-order valence-corrected chi connectivity index (χ3v) is 10.8. The number of hydrogen-bond donors (Lipinski definition) is 0. The molecule has 0 aliphatic heterocycles. The van der Waals surface area contributed by atoms with Gasteiger partial charge in [-0.1, -0.05) is 227 Å². The van der Waals surface area contributed by atoms with Crippen LogP contribution in [0.1, 0.15) is 265 Å². The largest absolute Gasteiger partial charge is 0.462 e. The number of hydrogen-bond acceptors (Lipinski definition) is 6. The van der Waals surface area contributed by atoms with Gasteiger partial charge in [0, 0.05) is 19.3 Å². The first-order valence-corrected chi connectivity index (χ1v) is 23.9. The Kier molecular flexibility index (Phi) is 41.3. The average Bonchev–Trinajstić information content (AvgIpc) is 3.15. The van der Waals surface area contributed by atoms with Crippen LogP contribution in [0.3, 0.4) is 0 Å². The summed E-state index contributed by atoms with van der Waals surface area (Å²) in [6.07, 6.45) is 42.2. The van der Waals surface area contributed by atoms with Crippen LogP contribution in [0.5, 0.6) is 0 Å². The minimum atomic E-state index is -0.759. The lowest BCUT2D eigenvalue weighted by Crippen LogP contribution is -2.30. The van der Waals surface area contributed by atoms with Crippen molar-refractivity contribution < 1.29 is 28.6 Å². The maximum absolute atomic E-state index is 12.7. The zero-order valence-electron chi connectivity index (χ0n) is 36.7. The summed E-state index contributed by atoms with van der Waals surface area (Å²) in [4.78, 5) is 37.7. The lowest BCUT2D eigenvalue weighted by molar-refractivity contribution is -0.167. The van der Waals surface area contributed by atoms with Gasteiger partial charge >= 0.3 is 17.9 Å². The van der Waals surface area contributed by atoms with Crippen molar-refractivity contribution in [1.29, 1.82) is 0 Å². The third-order valence-electron chi connectivity index (χ3n) is 10.8. The van der Waals surface area contributed by atoms with E-state index in [-0.39, 0.29) is 31.1 Å². The lowest BCUT2D eigenvalue weighted by Gasteiger charge is -2.18. The van der Waals surface area contributed by atoms with Gasteiger partial charge in [-0.25, -0.2) is 0 Å². The van der Waals surface area contributed by atoms with E-state index in [4.69, 9.17) is 14.2 Å². The third kappa shape index (κ3) is 41.6. The minimum absolute atomic E-state index is 0.0635. The summed E-state index contributed by atoms with van der Waals surface area (Å²) in [7, 11) is 0. The summed E-state index contributed by atoms with van der Waals surface area (Å²) in [5.74, 6) is -0.0249. The molecule has 6 heteroatoms. The highest BCUT2D eigenvalue weighted by atomic mass is 16.6. The summed E-state index contributed by atoms with van der Waals surface area (Å²) in [5, 5.41) is 0. The Bertz CT molecular complexity index is 811. The zero-order valence-corrected chi connectivity index (χ0v) is 36.7. The molecular weight excluding hydrogens is 673 g/mol. The highest BCUT2D eigenvalue weighted by molar-refractivity contribution is 5.71. The zero-order chi connectivity index (χ0) is 39.6. The summed E-state index contributed by atoms with van der Waals surface area (Å²) >= 11 is 0. The van der Waals surface area contributed by atoms with Gasteiger partial charge in [0.15, 0.2) is 6.10 Å². The normalized spacial score (nSPS) is 11.9. The van der Waals surface area contributed by atoms with Crippen LogP contribution >= 0.6 is 0 Å². The molecule has 1 atom stereocenters. The Morgan fingerprint density at radius 3 is 0.907 bits per heavy atom. The van der Waals surface area contributed by atoms with Crippen LogP contribution in [0.15, 0.2) is 0 Å². The van der Waals surface area contributed by atoms with Gasteiger partial charge in [-0.2, -0.15) is 0 Å². The lowest BCUT2D eigenvalue weighted by atomic mass is 10.0. The summed E-state index contributed by atoms with van der Waals surface area (Å²) in [5.41, 5.74) is 0. The van der Waals surface area contributed by atoms with Crippen molar-refractivity contribution in [2.24, 2.45) is 5.92 Å². The van der Waals surface area contributed by atoms with Crippen LogP contribution in [-0.2, 0) is 28.6 Å². The number of unbranched alkanes of at least 4 members (excludes halogenated alkanes) is 30. The van der Waals surface area contributed by atoms with Gasteiger partial charge in [-0.05, 0) is 25.2 Å². The number of rotatable bonds is 43. The number of carbonyl (C=O) groups is 3. The molecule has 0 heterocycles. The molecule has 54 heavy (non-hydrogen) atoms. The molecular formula is C48H92O6. The molecule has 0 aromatic rings. The van der Waals surface area contributed by atoms with Crippen molar-refractivity contribution in [3.8, 4) is 0 Å². The highest BCUT2D eigenvalue weighted by Gasteiger charge is 2.19. The van der Waals surface area contributed by atoms with Crippen LogP contribution in [0.4, 0.5) is 0 Å². The first-order valence-electron chi connectivity index (χ1n) is 23.9. The SMILES string of the molecule is CCCCCCCCCCCCCCC(=O)O[C@H](COC(=O)CCCCCCCCCCCC)COC(=O)CCCCCCCCCCCCCC(C)C. The molecule has 0 aromatic heterocycles. The average molecular weight is 765 g/mol. The van der Waals surface area contributed by atoms with Crippen LogP contribution in [0, 0.1) is 5.92 Å². The van der Waals surface area contributed by atoms with Crippen molar-refractivity contribution >= 4 is 17.9 Å². The number of ether oxygens (including phenoxy) is 3. The van der Waals surface area contributed by atoms with Crippen LogP contribution in [0.2, 0.25) is 0 Å². The predicted octanol–water partition coefficient (Wildman–Crippen LogP) is 15.1. The first-order chi connectivity index (χ1) is 26.4. The molecule has 0 saturated carbocycles. The molecule has 0 radical (unpaired) electrons. The molecule has 0 aliphatic carbocycles. The van der Waals surface area contributed by atoms with Gasteiger partial charge in [-0.15, -0.1) is 0 Å². The fourth-order valence-electron chi connectivity index (χ4n) is 7.16. The number of carbonyl (C=O) groups excluding carboxylic acids is 3. The molecule has 0 bridgehead atoms. The topological polar surface area (TPSA) is 78.9 Å². The van der Waals surface area contributed by atoms with E-state index in [2.05, 4.69) is 27.7 Å². The Labute approximate surface area is 336 Å². The van der Waals surface area contributed by atoms with Gasteiger partial charge in [-0.3, -0.25) is 14.4 Å². The second-order valence-electron chi connectivity index (χ2n) is 16.9. The van der Waals surface area contributed by atoms with E-state index in [9.17, 15) is 14.4 Å². The van der Waals surface area contributed by atoms with E-state index in [1.807, 2.05) is 0 Å². The second kappa shape index (κ2) is 42.6. The molecule has 0 N–H and O–H groups in total. The van der Waals surface area contributed by atoms with E-state index in [0.29, 0.717) is 19.3 Å². The van der Waals surface area contributed by atoms with Gasteiger partial charge in [0.25, 0.3) is 0 Å². The van der Waals surface area contributed by atoms with Crippen LogP contribution in [0.25, 0.3) is 0 Å². The molecule has 0 unspecified atom stereocenters. The molecule has 0 aromatic carbocycles. The van der Waals surface area contributed by atoms with E-state index in [1.54, 1.807) is 0 Å². The van der Waals surface area contributed by atoms with Crippen molar-refractivity contribution in [3.05, 3.63) is 0 Å². The second-order valence-corrected chi connectivity index (χ2v) is 16.9. The van der Waals surface area contributed by atoms with Gasteiger partial charge in [0.05, 0.1) is 0 Å². The Morgan fingerprint density at radius 2 is 0.611 bits per heavy atom. The van der Waals surface area contributed by atoms with Gasteiger partial charge in [0.2, 0.25) is 0 Å². The molecule has 6 nitrogen and oxygen atoms in total. The standard InChI is InChI=1S/C48H92O6/c1-5-7-9-11-13-15-17-20-25-29-33-37-41-48(51)54-45(42-52-46(49)39-35-31-27-23-16-14-12-10-8-6-2)43-53-47(50)40-36-32-28-24-21-18-19-22-26-30-34-38-44(3)4/h44-45H,5-43H2,1-4H3/t45-/m1/s1. The molecule has 0 fully saturated rings. The summed E-state index contributed by atoms with van der Waals surface area (Å²) < 4.78 is 16.7. The fourth-order valence-corrected chi connectivity index (χ4v) is 7.16. The molecule has 0 amide bonds. The van der Waals surface area contributed by atoms with Crippen molar-refractivity contribution in [3.63, 3.8) is 0 Å². The van der Waals surface area contributed by atoms with Crippen molar-refractivity contribution in [1.82, 2.24) is 0 Å². The maximum Gasteiger partial charge on any atom is 0.306 e. The first kappa shape index (κ1) is 52.4. The predicted molar refractivity (Wildman–Crippen MR) is 229 cm³/mol. The summed E-state index contributed by atoms with van der Waals surface area (Å²) in [6.45, 7) is 8.99. The van der Waals surface area contributed by atoms with E-state index in [0.717, 1.165) is 63.7 Å². The monoisotopic (exact) mass is 765 g/mol. The highest BCUT2D eigenvalue weighted by Crippen LogP contribution is 2.16.